The molecule has 0 unspecified atom stereocenters. The number of rotatable bonds is 7. The number of amides is 1. The number of likely N-dealkylation sites (tertiary alicyclic amines) is 2. The van der Waals surface area contributed by atoms with Crippen LogP contribution in [0, 0.1) is 17.2 Å². The maximum absolute atomic E-state index is 14.9. The minimum atomic E-state index is -0.445. The molecule has 5 nitrogen and oxygen atoms in total. The van der Waals surface area contributed by atoms with Gasteiger partial charge < -0.3 is 19.6 Å². The number of hydrogen-bond donors (Lipinski definition) is 1. The van der Waals surface area contributed by atoms with Gasteiger partial charge >= 0.3 is 0 Å². The van der Waals surface area contributed by atoms with Crippen LogP contribution in [0.2, 0.25) is 0 Å². The normalized spacial score (nSPS) is 22.8. The Bertz CT molecular complexity index is 1040. The Morgan fingerprint density at radius 3 is 2.39 bits per heavy atom. The molecule has 36 heavy (non-hydrogen) atoms. The Labute approximate surface area is 214 Å². The lowest BCUT2D eigenvalue weighted by Crippen LogP contribution is -2.44. The van der Waals surface area contributed by atoms with Gasteiger partial charge in [-0.25, -0.2) is 4.39 Å². The van der Waals surface area contributed by atoms with Crippen LogP contribution in [0.15, 0.2) is 42.5 Å². The molecule has 2 aromatic rings. The first-order valence-corrected chi connectivity index (χ1v) is 13.6. The molecule has 0 aromatic heterocycles. The smallest absolute Gasteiger partial charge is 0.253 e. The Balaban J connectivity index is 1.12. The topological polar surface area (TPSA) is 53.0 Å². The number of β-amino-alcohol motifs (C(OH)–C–C–N with tert-alkyl or cyclic N) is 1. The summed E-state index contributed by atoms with van der Waals surface area (Å²) >= 11 is 0. The zero-order valence-corrected chi connectivity index (χ0v) is 21.4. The molecule has 2 aromatic carbocycles. The van der Waals surface area contributed by atoms with E-state index in [1.54, 1.807) is 23.1 Å². The van der Waals surface area contributed by atoms with Crippen molar-refractivity contribution in [2.75, 3.05) is 39.3 Å². The van der Waals surface area contributed by atoms with Gasteiger partial charge in [-0.05, 0) is 98.3 Å². The number of carbonyl (C=O) groups is 1. The molecule has 3 fully saturated rings. The van der Waals surface area contributed by atoms with Gasteiger partial charge in [0.15, 0.2) is 11.6 Å². The van der Waals surface area contributed by atoms with E-state index in [4.69, 9.17) is 4.74 Å². The fourth-order valence-corrected chi connectivity index (χ4v) is 5.92. The largest absolute Gasteiger partial charge is 0.490 e. The first kappa shape index (κ1) is 25.2. The van der Waals surface area contributed by atoms with Crippen molar-refractivity contribution in [1.82, 2.24) is 9.80 Å². The summed E-state index contributed by atoms with van der Waals surface area (Å²) in [7, 11) is 0. The van der Waals surface area contributed by atoms with E-state index in [1.807, 2.05) is 18.2 Å². The molecule has 2 heterocycles. The minimum Gasteiger partial charge on any atom is -0.490 e. The van der Waals surface area contributed by atoms with E-state index in [1.165, 1.54) is 31.9 Å². The van der Waals surface area contributed by atoms with Gasteiger partial charge in [-0.15, -0.1) is 0 Å². The maximum Gasteiger partial charge on any atom is 0.253 e. The molecule has 1 saturated carbocycles. The van der Waals surface area contributed by atoms with Gasteiger partial charge in [0.05, 0.1) is 12.7 Å². The Morgan fingerprint density at radius 2 is 1.75 bits per heavy atom. The van der Waals surface area contributed by atoms with Crippen LogP contribution in [0.5, 0.6) is 5.75 Å². The SMILES string of the molecule is CC1(CN2CCC(COc3ccc(-c4ccc(C(=O)N5CCC[C@@H](O)C5)cc4)cc3F)CC2)CCC1. The van der Waals surface area contributed by atoms with Crippen LogP contribution in [0.1, 0.15) is 62.2 Å². The van der Waals surface area contributed by atoms with Crippen molar-refractivity contribution in [3.8, 4) is 16.9 Å². The monoisotopic (exact) mass is 494 g/mol. The Hall–Kier alpha value is -2.44. The lowest BCUT2D eigenvalue weighted by Gasteiger charge is -2.44. The molecule has 194 valence electrons. The van der Waals surface area contributed by atoms with Crippen molar-refractivity contribution in [3.05, 3.63) is 53.8 Å². The van der Waals surface area contributed by atoms with Gasteiger partial charge in [0.2, 0.25) is 0 Å². The maximum atomic E-state index is 14.9. The van der Waals surface area contributed by atoms with Gasteiger partial charge in [0, 0.05) is 25.2 Å². The van der Waals surface area contributed by atoms with Crippen LogP contribution in [-0.2, 0) is 0 Å². The second-order valence-electron chi connectivity index (χ2n) is 11.5. The van der Waals surface area contributed by atoms with E-state index < -0.39 is 6.10 Å². The second kappa shape index (κ2) is 10.9. The molecular formula is C30H39FN2O3. The molecule has 0 bridgehead atoms. The molecule has 0 spiro atoms. The third-order valence-electron chi connectivity index (χ3n) is 8.43. The van der Waals surface area contributed by atoms with E-state index in [9.17, 15) is 14.3 Å². The third-order valence-corrected chi connectivity index (χ3v) is 8.43. The van der Waals surface area contributed by atoms with Crippen LogP contribution in [0.25, 0.3) is 11.1 Å². The number of benzene rings is 2. The summed E-state index contributed by atoms with van der Waals surface area (Å²) in [6, 6.07) is 12.3. The predicted molar refractivity (Wildman–Crippen MR) is 140 cm³/mol. The lowest BCUT2D eigenvalue weighted by atomic mass is 9.70. The summed E-state index contributed by atoms with van der Waals surface area (Å²) in [5.41, 5.74) is 2.72. The molecule has 2 saturated heterocycles. The number of piperidine rings is 2. The summed E-state index contributed by atoms with van der Waals surface area (Å²) in [6.45, 7) is 7.46. The highest BCUT2D eigenvalue weighted by Crippen LogP contribution is 2.41. The van der Waals surface area contributed by atoms with Gasteiger partial charge in [0.25, 0.3) is 5.91 Å². The number of carbonyl (C=O) groups excluding carboxylic acids is 1. The van der Waals surface area contributed by atoms with Crippen molar-refractivity contribution in [3.63, 3.8) is 0 Å². The zero-order valence-electron chi connectivity index (χ0n) is 21.4. The number of nitrogens with zero attached hydrogens (tertiary/aromatic N) is 2. The molecule has 2 aliphatic heterocycles. The fourth-order valence-electron chi connectivity index (χ4n) is 5.92. The first-order chi connectivity index (χ1) is 17.4. The van der Waals surface area contributed by atoms with E-state index in [-0.39, 0.29) is 11.7 Å². The Morgan fingerprint density at radius 1 is 1.03 bits per heavy atom. The third kappa shape index (κ3) is 5.92. The minimum absolute atomic E-state index is 0.0710. The molecular weight excluding hydrogens is 455 g/mol. The fraction of sp³-hybridized carbons (Fsp3) is 0.567. The van der Waals surface area contributed by atoms with E-state index in [0.29, 0.717) is 42.3 Å². The number of aliphatic hydroxyl groups excluding tert-OH is 1. The van der Waals surface area contributed by atoms with Gasteiger partial charge in [-0.1, -0.05) is 31.5 Å². The number of halogens is 1. The quantitative estimate of drug-likeness (QED) is 0.562. The molecule has 1 atom stereocenters. The van der Waals surface area contributed by atoms with Crippen molar-refractivity contribution in [1.29, 1.82) is 0 Å². The van der Waals surface area contributed by atoms with Gasteiger partial charge in [-0.3, -0.25) is 4.79 Å². The van der Waals surface area contributed by atoms with Crippen LogP contribution < -0.4 is 4.74 Å². The molecule has 5 rings (SSSR count). The van der Waals surface area contributed by atoms with Crippen LogP contribution >= 0.6 is 0 Å². The highest BCUT2D eigenvalue weighted by atomic mass is 19.1. The predicted octanol–water partition coefficient (Wildman–Crippen LogP) is 5.37. The van der Waals surface area contributed by atoms with Crippen molar-refractivity contribution in [2.24, 2.45) is 11.3 Å². The van der Waals surface area contributed by atoms with Crippen LogP contribution in [0.3, 0.4) is 0 Å². The molecule has 0 radical (unpaired) electrons. The summed E-state index contributed by atoms with van der Waals surface area (Å²) < 4.78 is 20.8. The lowest BCUT2D eigenvalue weighted by molar-refractivity contribution is 0.0474. The van der Waals surface area contributed by atoms with Crippen molar-refractivity contribution in [2.45, 2.75) is 58.0 Å². The van der Waals surface area contributed by atoms with E-state index >= 15 is 0 Å². The van der Waals surface area contributed by atoms with Crippen LogP contribution in [0.4, 0.5) is 4.39 Å². The summed E-state index contributed by atoms with van der Waals surface area (Å²) in [6.07, 6.45) is 7.42. The standard InChI is InChI=1S/C30H39FN2O3/c1-30(13-3-14-30)21-32-16-11-22(12-17-32)20-36-28-10-9-25(18-27(28)31)23-5-7-24(8-6-23)29(35)33-15-2-4-26(34)19-33/h5-10,18,22,26,34H,2-4,11-17,19-21H2,1H3/t26-/m1/s1. The van der Waals surface area contributed by atoms with Crippen LogP contribution in [-0.4, -0.2) is 66.2 Å². The molecule has 1 N–H and O–H groups in total. The molecule has 3 aliphatic rings. The summed E-state index contributed by atoms with van der Waals surface area (Å²) in [4.78, 5) is 17.0. The zero-order chi connectivity index (χ0) is 25.1. The number of aliphatic hydroxyl groups is 1. The molecule has 6 heteroatoms. The average Bonchev–Trinajstić information content (AvgIpc) is 2.87. The summed E-state index contributed by atoms with van der Waals surface area (Å²) in [5.74, 6) is 0.350. The number of ether oxygens (including phenoxy) is 1. The average molecular weight is 495 g/mol. The molecule has 1 amide bonds. The van der Waals surface area contributed by atoms with Gasteiger partial charge in [0.1, 0.15) is 0 Å². The first-order valence-electron chi connectivity index (χ1n) is 13.6. The van der Waals surface area contributed by atoms with Crippen molar-refractivity contribution < 1.29 is 19.0 Å². The molecule has 1 aliphatic carbocycles. The van der Waals surface area contributed by atoms with Crippen molar-refractivity contribution >= 4 is 5.91 Å². The number of hydrogen-bond acceptors (Lipinski definition) is 4. The second-order valence-corrected chi connectivity index (χ2v) is 11.5. The Kier molecular flexibility index (Phi) is 7.63. The highest BCUT2D eigenvalue weighted by Gasteiger charge is 2.34. The van der Waals surface area contributed by atoms with E-state index in [2.05, 4.69) is 11.8 Å². The van der Waals surface area contributed by atoms with E-state index in [0.717, 1.165) is 49.9 Å². The highest BCUT2D eigenvalue weighted by molar-refractivity contribution is 5.94. The van der Waals surface area contributed by atoms with Gasteiger partial charge in [-0.2, -0.15) is 0 Å². The summed E-state index contributed by atoms with van der Waals surface area (Å²) in [5, 5.41) is 9.85.